The largest absolute Gasteiger partial charge is 0.489 e. The van der Waals surface area contributed by atoms with Gasteiger partial charge in [-0.25, -0.2) is 9.97 Å². The van der Waals surface area contributed by atoms with Gasteiger partial charge in [0.05, 0.1) is 10.6 Å². The van der Waals surface area contributed by atoms with E-state index in [0.29, 0.717) is 29.4 Å². The lowest BCUT2D eigenvalue weighted by molar-refractivity contribution is 0.0595. The maximum Gasteiger partial charge on any atom is 0.256 e. The highest BCUT2D eigenvalue weighted by Crippen LogP contribution is 2.27. The predicted molar refractivity (Wildman–Crippen MR) is 92.4 cm³/mol. The van der Waals surface area contributed by atoms with Gasteiger partial charge < -0.3 is 9.64 Å². The number of aromatic nitrogens is 2. The lowest BCUT2D eigenvalue weighted by Crippen LogP contribution is -2.41. The van der Waals surface area contributed by atoms with Crippen LogP contribution < -0.4 is 4.74 Å². The zero-order valence-corrected chi connectivity index (χ0v) is 14.4. The number of hydrogen-bond donors (Lipinski definition) is 0. The molecular weight excluding hydrogens is 326 g/mol. The van der Waals surface area contributed by atoms with Gasteiger partial charge in [-0.3, -0.25) is 4.79 Å². The molecule has 0 unspecified atom stereocenters. The third-order valence-electron chi connectivity index (χ3n) is 4.13. The monoisotopic (exact) mass is 345 g/mol. The van der Waals surface area contributed by atoms with E-state index >= 15 is 0 Å². The van der Waals surface area contributed by atoms with Crippen molar-refractivity contribution in [2.75, 3.05) is 13.1 Å². The summed E-state index contributed by atoms with van der Waals surface area (Å²) in [4.78, 5) is 22.7. The highest BCUT2D eigenvalue weighted by Gasteiger charge is 2.25. The number of benzene rings is 1. The Labute approximate surface area is 146 Å². The molecule has 126 valence electrons. The fourth-order valence-electron chi connectivity index (χ4n) is 2.73. The van der Waals surface area contributed by atoms with Gasteiger partial charge in [0.2, 0.25) is 0 Å². The van der Waals surface area contributed by atoms with Gasteiger partial charge in [0, 0.05) is 44.7 Å². The van der Waals surface area contributed by atoms with Crippen molar-refractivity contribution >= 4 is 17.5 Å². The summed E-state index contributed by atoms with van der Waals surface area (Å²) in [6, 6.07) is 7.46. The van der Waals surface area contributed by atoms with Crippen LogP contribution in [0.1, 0.15) is 35.9 Å². The van der Waals surface area contributed by atoms with E-state index in [1.54, 1.807) is 12.4 Å². The standard InChI is InChI=1S/C18H20ClN3O2/c1-2-17-20-11-13(12-21-17)18(23)22-9-7-14(8-10-22)24-16-6-4-3-5-15(16)19/h3-6,11-12,14H,2,7-10H2,1H3. The Morgan fingerprint density at radius 1 is 1.25 bits per heavy atom. The molecule has 1 aromatic carbocycles. The van der Waals surface area contributed by atoms with Crippen LogP contribution in [0.3, 0.4) is 0 Å². The first-order valence-electron chi connectivity index (χ1n) is 8.18. The highest BCUT2D eigenvalue weighted by atomic mass is 35.5. The second-order valence-corrected chi connectivity index (χ2v) is 6.19. The van der Waals surface area contributed by atoms with Crippen molar-refractivity contribution < 1.29 is 9.53 Å². The molecule has 2 aromatic rings. The molecule has 3 rings (SSSR count). The summed E-state index contributed by atoms with van der Waals surface area (Å²) in [5, 5.41) is 0.615. The molecule has 1 saturated heterocycles. The van der Waals surface area contributed by atoms with Gasteiger partial charge in [0.25, 0.3) is 5.91 Å². The van der Waals surface area contributed by atoms with Crippen molar-refractivity contribution in [3.05, 3.63) is 53.1 Å². The highest BCUT2D eigenvalue weighted by molar-refractivity contribution is 6.32. The quantitative estimate of drug-likeness (QED) is 0.852. The molecule has 24 heavy (non-hydrogen) atoms. The number of rotatable bonds is 4. The van der Waals surface area contributed by atoms with Crippen molar-refractivity contribution in [1.82, 2.24) is 14.9 Å². The zero-order chi connectivity index (χ0) is 16.9. The molecule has 0 atom stereocenters. The fourth-order valence-corrected chi connectivity index (χ4v) is 2.91. The van der Waals surface area contributed by atoms with E-state index in [1.165, 1.54) is 0 Å². The number of likely N-dealkylation sites (tertiary alicyclic amines) is 1. The number of ether oxygens (including phenoxy) is 1. The molecule has 1 aromatic heterocycles. The molecule has 0 aliphatic carbocycles. The topological polar surface area (TPSA) is 55.3 Å². The van der Waals surface area contributed by atoms with Gasteiger partial charge >= 0.3 is 0 Å². The maximum absolute atomic E-state index is 12.5. The third kappa shape index (κ3) is 3.85. The number of halogens is 1. The summed E-state index contributed by atoms with van der Waals surface area (Å²) in [6.07, 6.45) is 5.63. The second kappa shape index (κ2) is 7.62. The number of piperidine rings is 1. The molecular formula is C18H20ClN3O2. The van der Waals surface area contributed by atoms with Crippen LogP contribution in [0, 0.1) is 0 Å². The van der Waals surface area contributed by atoms with Crippen LogP contribution in [0.25, 0.3) is 0 Å². The van der Waals surface area contributed by atoms with Gasteiger partial charge in [-0.2, -0.15) is 0 Å². The van der Waals surface area contributed by atoms with Crippen LogP contribution in [0.15, 0.2) is 36.7 Å². The molecule has 5 nitrogen and oxygen atoms in total. The molecule has 6 heteroatoms. The summed E-state index contributed by atoms with van der Waals surface area (Å²) in [6.45, 7) is 3.30. The second-order valence-electron chi connectivity index (χ2n) is 5.78. The Kier molecular flexibility index (Phi) is 5.30. The minimum absolute atomic E-state index is 0.0196. The molecule has 0 spiro atoms. The molecule has 0 saturated carbocycles. The number of amides is 1. The minimum atomic E-state index is -0.0196. The van der Waals surface area contributed by atoms with Crippen LogP contribution >= 0.6 is 11.6 Å². The number of carbonyl (C=O) groups is 1. The van der Waals surface area contributed by atoms with Crippen molar-refractivity contribution in [2.24, 2.45) is 0 Å². The number of para-hydroxylation sites is 1. The smallest absolute Gasteiger partial charge is 0.256 e. The van der Waals surface area contributed by atoms with Crippen LogP contribution in [-0.4, -0.2) is 40.0 Å². The van der Waals surface area contributed by atoms with E-state index in [4.69, 9.17) is 16.3 Å². The zero-order valence-electron chi connectivity index (χ0n) is 13.6. The van der Waals surface area contributed by atoms with E-state index in [2.05, 4.69) is 9.97 Å². The van der Waals surface area contributed by atoms with Crippen molar-refractivity contribution in [1.29, 1.82) is 0 Å². The molecule has 0 N–H and O–H groups in total. The summed E-state index contributed by atoms with van der Waals surface area (Å²) < 4.78 is 5.96. The molecule has 1 amide bonds. The van der Waals surface area contributed by atoms with Crippen LogP contribution in [-0.2, 0) is 6.42 Å². The maximum atomic E-state index is 12.5. The first-order chi connectivity index (χ1) is 11.7. The van der Waals surface area contributed by atoms with Gasteiger partial charge in [-0.05, 0) is 12.1 Å². The molecule has 2 heterocycles. The predicted octanol–water partition coefficient (Wildman–Crippen LogP) is 3.38. The van der Waals surface area contributed by atoms with Crippen molar-refractivity contribution in [2.45, 2.75) is 32.3 Å². The molecule has 1 fully saturated rings. The Hall–Kier alpha value is -2.14. The first kappa shape index (κ1) is 16.7. The Balaban J connectivity index is 1.56. The average Bonchev–Trinajstić information content (AvgIpc) is 2.64. The minimum Gasteiger partial charge on any atom is -0.489 e. The molecule has 0 radical (unpaired) electrons. The number of aryl methyl sites for hydroxylation is 1. The van der Waals surface area contributed by atoms with Crippen molar-refractivity contribution in [3.63, 3.8) is 0 Å². The third-order valence-corrected chi connectivity index (χ3v) is 4.44. The van der Waals surface area contributed by atoms with E-state index in [9.17, 15) is 4.79 Å². The summed E-state index contributed by atoms with van der Waals surface area (Å²) >= 11 is 6.12. The molecule has 1 aliphatic heterocycles. The first-order valence-corrected chi connectivity index (χ1v) is 8.56. The van der Waals surface area contributed by atoms with E-state index in [-0.39, 0.29) is 12.0 Å². The van der Waals surface area contributed by atoms with E-state index < -0.39 is 0 Å². The SMILES string of the molecule is CCc1ncc(C(=O)N2CCC(Oc3ccccc3Cl)CC2)cn1. The molecule has 1 aliphatic rings. The average molecular weight is 346 g/mol. The van der Waals surface area contributed by atoms with Crippen LogP contribution in [0.5, 0.6) is 5.75 Å². The van der Waals surface area contributed by atoms with Crippen molar-refractivity contribution in [3.8, 4) is 5.75 Å². The van der Waals surface area contributed by atoms with Crippen LogP contribution in [0.4, 0.5) is 0 Å². The van der Waals surface area contributed by atoms with E-state index in [0.717, 1.165) is 25.1 Å². The normalized spacial score (nSPS) is 15.3. The number of carbonyl (C=O) groups excluding carboxylic acids is 1. The lowest BCUT2D eigenvalue weighted by Gasteiger charge is -2.32. The summed E-state index contributed by atoms with van der Waals surface area (Å²) in [7, 11) is 0. The van der Waals surface area contributed by atoms with Gasteiger partial charge in [0.15, 0.2) is 0 Å². The van der Waals surface area contributed by atoms with Gasteiger partial charge in [-0.15, -0.1) is 0 Å². The summed E-state index contributed by atoms with van der Waals surface area (Å²) in [5.74, 6) is 1.43. The van der Waals surface area contributed by atoms with Crippen LogP contribution in [0.2, 0.25) is 5.02 Å². The number of hydrogen-bond acceptors (Lipinski definition) is 4. The fraction of sp³-hybridized carbons (Fsp3) is 0.389. The Bertz CT molecular complexity index is 698. The van der Waals surface area contributed by atoms with Gasteiger partial charge in [-0.1, -0.05) is 30.7 Å². The number of nitrogens with zero attached hydrogens (tertiary/aromatic N) is 3. The van der Waals surface area contributed by atoms with E-state index in [1.807, 2.05) is 36.1 Å². The summed E-state index contributed by atoms with van der Waals surface area (Å²) in [5.41, 5.74) is 0.540. The Morgan fingerprint density at radius 2 is 1.92 bits per heavy atom. The lowest BCUT2D eigenvalue weighted by atomic mass is 10.1. The Morgan fingerprint density at radius 3 is 2.54 bits per heavy atom. The molecule has 0 bridgehead atoms. The van der Waals surface area contributed by atoms with Gasteiger partial charge in [0.1, 0.15) is 17.7 Å².